The minimum atomic E-state index is -0.150. The maximum Gasteiger partial charge on any atom is 0.244 e. The van der Waals surface area contributed by atoms with Crippen molar-refractivity contribution in [3.63, 3.8) is 0 Å². The fourth-order valence-corrected chi connectivity index (χ4v) is 3.55. The summed E-state index contributed by atoms with van der Waals surface area (Å²) in [6.07, 6.45) is 6.15. The maximum atomic E-state index is 12.5. The first-order chi connectivity index (χ1) is 9.12. The zero-order valence-corrected chi connectivity index (χ0v) is 12.3. The third-order valence-corrected chi connectivity index (χ3v) is 4.88. The van der Waals surface area contributed by atoms with E-state index in [9.17, 15) is 4.79 Å². The van der Waals surface area contributed by atoms with E-state index in [4.69, 9.17) is 0 Å². The molecule has 4 heteroatoms. The van der Waals surface area contributed by atoms with Crippen LogP contribution in [0.2, 0.25) is 0 Å². The first-order valence-electron chi connectivity index (χ1n) is 7.93. The maximum absolute atomic E-state index is 12.5. The molecule has 4 nitrogen and oxygen atoms in total. The number of hydrogen-bond donors (Lipinski definition) is 1. The molecule has 1 saturated carbocycles. The SMILES string of the molecule is CC(C)C1NC2(CC2)C(=O)N1CCCN1CCCC1. The van der Waals surface area contributed by atoms with Crippen molar-refractivity contribution >= 4 is 5.91 Å². The van der Waals surface area contributed by atoms with Crippen LogP contribution in [0.3, 0.4) is 0 Å². The summed E-state index contributed by atoms with van der Waals surface area (Å²) < 4.78 is 0. The molecule has 2 aliphatic heterocycles. The van der Waals surface area contributed by atoms with Gasteiger partial charge < -0.3 is 9.80 Å². The van der Waals surface area contributed by atoms with E-state index in [2.05, 4.69) is 29.0 Å². The van der Waals surface area contributed by atoms with Crippen LogP contribution >= 0.6 is 0 Å². The minimum absolute atomic E-state index is 0.150. The molecule has 0 aromatic heterocycles. The van der Waals surface area contributed by atoms with Crippen molar-refractivity contribution < 1.29 is 4.79 Å². The van der Waals surface area contributed by atoms with Crippen molar-refractivity contribution in [1.82, 2.24) is 15.1 Å². The van der Waals surface area contributed by atoms with E-state index in [1.54, 1.807) is 0 Å². The summed E-state index contributed by atoms with van der Waals surface area (Å²) in [5.41, 5.74) is -0.150. The third-order valence-electron chi connectivity index (χ3n) is 4.88. The molecule has 1 N–H and O–H groups in total. The molecule has 1 unspecified atom stereocenters. The van der Waals surface area contributed by atoms with Crippen LogP contribution in [0.25, 0.3) is 0 Å². The fraction of sp³-hybridized carbons (Fsp3) is 0.933. The van der Waals surface area contributed by atoms with Gasteiger partial charge in [0.05, 0.1) is 11.7 Å². The van der Waals surface area contributed by atoms with Crippen LogP contribution in [-0.2, 0) is 4.79 Å². The average molecular weight is 265 g/mol. The molecule has 0 radical (unpaired) electrons. The molecule has 3 fully saturated rings. The monoisotopic (exact) mass is 265 g/mol. The Hall–Kier alpha value is -0.610. The Morgan fingerprint density at radius 2 is 1.95 bits per heavy atom. The van der Waals surface area contributed by atoms with Gasteiger partial charge in [-0.25, -0.2) is 0 Å². The second-order valence-corrected chi connectivity index (χ2v) is 6.82. The van der Waals surface area contributed by atoms with Crippen LogP contribution in [-0.4, -0.2) is 53.6 Å². The predicted molar refractivity (Wildman–Crippen MR) is 75.7 cm³/mol. The number of carbonyl (C=O) groups excluding carboxylic acids is 1. The number of amides is 1. The highest BCUT2D eigenvalue weighted by molar-refractivity contribution is 5.91. The van der Waals surface area contributed by atoms with Gasteiger partial charge in [0, 0.05) is 6.54 Å². The van der Waals surface area contributed by atoms with Crippen LogP contribution in [0.5, 0.6) is 0 Å². The Morgan fingerprint density at radius 3 is 2.53 bits per heavy atom. The highest BCUT2D eigenvalue weighted by Gasteiger charge is 2.59. The van der Waals surface area contributed by atoms with E-state index < -0.39 is 0 Å². The summed E-state index contributed by atoms with van der Waals surface area (Å²) in [5, 5.41) is 3.58. The Morgan fingerprint density at radius 1 is 1.26 bits per heavy atom. The van der Waals surface area contributed by atoms with Crippen molar-refractivity contribution in [2.24, 2.45) is 5.92 Å². The second kappa shape index (κ2) is 5.06. The molecule has 108 valence electrons. The van der Waals surface area contributed by atoms with Gasteiger partial charge in [-0.3, -0.25) is 10.1 Å². The summed E-state index contributed by atoms with van der Waals surface area (Å²) in [5.74, 6) is 0.864. The standard InChI is InChI=1S/C15H27N3O/c1-12(2)13-16-15(6-7-15)14(19)18(13)11-5-10-17-8-3-4-9-17/h12-13,16H,3-11H2,1-2H3. The van der Waals surface area contributed by atoms with Crippen molar-refractivity contribution in [1.29, 1.82) is 0 Å². The summed E-state index contributed by atoms with van der Waals surface area (Å²) in [6.45, 7) is 9.00. The van der Waals surface area contributed by atoms with E-state index in [0.29, 0.717) is 11.8 Å². The summed E-state index contributed by atoms with van der Waals surface area (Å²) in [7, 11) is 0. The first kappa shape index (κ1) is 13.4. The number of nitrogens with zero attached hydrogens (tertiary/aromatic N) is 2. The van der Waals surface area contributed by atoms with Crippen molar-refractivity contribution in [2.45, 2.75) is 57.7 Å². The summed E-state index contributed by atoms with van der Waals surface area (Å²) in [6, 6.07) is 0. The normalized spacial score (nSPS) is 29.9. The number of nitrogens with one attached hydrogen (secondary N) is 1. The lowest BCUT2D eigenvalue weighted by atomic mass is 10.1. The molecule has 0 aromatic rings. The van der Waals surface area contributed by atoms with Crippen LogP contribution in [0.4, 0.5) is 0 Å². The molecular formula is C15H27N3O. The van der Waals surface area contributed by atoms with E-state index in [1.807, 2.05) is 0 Å². The average Bonchev–Trinajstić information content (AvgIpc) is 2.87. The first-order valence-corrected chi connectivity index (χ1v) is 7.93. The van der Waals surface area contributed by atoms with Crippen LogP contribution in [0, 0.1) is 5.92 Å². The molecule has 0 aromatic carbocycles. The number of carbonyl (C=O) groups is 1. The molecule has 1 aliphatic carbocycles. The van der Waals surface area contributed by atoms with Crippen molar-refractivity contribution in [2.75, 3.05) is 26.2 Å². The molecular weight excluding hydrogens is 238 g/mol. The molecule has 2 heterocycles. The van der Waals surface area contributed by atoms with Gasteiger partial charge in [-0.1, -0.05) is 13.8 Å². The van der Waals surface area contributed by atoms with Crippen molar-refractivity contribution in [3.05, 3.63) is 0 Å². The Kier molecular flexibility index (Phi) is 3.56. The molecule has 3 aliphatic rings. The van der Waals surface area contributed by atoms with Crippen LogP contribution < -0.4 is 5.32 Å². The smallest absolute Gasteiger partial charge is 0.244 e. The fourth-order valence-electron chi connectivity index (χ4n) is 3.55. The predicted octanol–water partition coefficient (Wildman–Crippen LogP) is 1.42. The van der Waals surface area contributed by atoms with Gasteiger partial charge in [-0.2, -0.15) is 0 Å². The van der Waals surface area contributed by atoms with E-state index in [0.717, 1.165) is 32.4 Å². The van der Waals surface area contributed by atoms with Gasteiger partial charge in [0.15, 0.2) is 0 Å². The zero-order valence-electron chi connectivity index (χ0n) is 12.3. The Balaban J connectivity index is 1.53. The lowest BCUT2D eigenvalue weighted by Gasteiger charge is -2.28. The number of likely N-dealkylation sites (tertiary alicyclic amines) is 1. The van der Waals surface area contributed by atoms with Gasteiger partial charge in [0.2, 0.25) is 5.91 Å². The molecule has 0 bridgehead atoms. The topological polar surface area (TPSA) is 35.6 Å². The zero-order chi connectivity index (χ0) is 13.5. The minimum Gasteiger partial charge on any atom is -0.325 e. The molecule has 1 atom stereocenters. The molecule has 3 rings (SSSR count). The number of rotatable bonds is 5. The van der Waals surface area contributed by atoms with Gasteiger partial charge >= 0.3 is 0 Å². The quantitative estimate of drug-likeness (QED) is 0.816. The van der Waals surface area contributed by atoms with Crippen LogP contribution in [0.1, 0.15) is 46.0 Å². The van der Waals surface area contributed by atoms with Gasteiger partial charge in [-0.15, -0.1) is 0 Å². The van der Waals surface area contributed by atoms with E-state index >= 15 is 0 Å². The Bertz CT molecular complexity index is 345. The van der Waals surface area contributed by atoms with E-state index in [-0.39, 0.29) is 11.7 Å². The Labute approximate surface area is 116 Å². The van der Waals surface area contributed by atoms with Crippen molar-refractivity contribution in [3.8, 4) is 0 Å². The summed E-state index contributed by atoms with van der Waals surface area (Å²) in [4.78, 5) is 17.1. The number of hydrogen-bond acceptors (Lipinski definition) is 3. The van der Waals surface area contributed by atoms with Gasteiger partial charge in [0.25, 0.3) is 0 Å². The highest BCUT2D eigenvalue weighted by Crippen LogP contribution is 2.43. The highest BCUT2D eigenvalue weighted by atomic mass is 16.2. The lowest BCUT2D eigenvalue weighted by molar-refractivity contribution is -0.131. The third kappa shape index (κ3) is 2.52. The van der Waals surface area contributed by atoms with Gasteiger partial charge in [-0.05, 0) is 57.7 Å². The van der Waals surface area contributed by atoms with Gasteiger partial charge in [0.1, 0.15) is 0 Å². The molecule has 2 saturated heterocycles. The largest absolute Gasteiger partial charge is 0.325 e. The second-order valence-electron chi connectivity index (χ2n) is 6.82. The molecule has 19 heavy (non-hydrogen) atoms. The molecule has 1 amide bonds. The lowest BCUT2D eigenvalue weighted by Crippen LogP contribution is -2.42. The van der Waals surface area contributed by atoms with Crippen LogP contribution in [0.15, 0.2) is 0 Å². The van der Waals surface area contributed by atoms with E-state index in [1.165, 1.54) is 25.9 Å². The molecule has 1 spiro atoms. The summed E-state index contributed by atoms with van der Waals surface area (Å²) >= 11 is 0.